The van der Waals surface area contributed by atoms with Crippen molar-refractivity contribution in [1.29, 1.82) is 0 Å². The van der Waals surface area contributed by atoms with Crippen molar-refractivity contribution in [2.45, 2.75) is 56.9 Å². The van der Waals surface area contributed by atoms with Gasteiger partial charge in [-0.3, -0.25) is 9.69 Å². The van der Waals surface area contributed by atoms with Crippen molar-refractivity contribution in [3.05, 3.63) is 27.7 Å². The van der Waals surface area contributed by atoms with E-state index in [0.29, 0.717) is 31.0 Å². The van der Waals surface area contributed by atoms with Crippen LogP contribution in [-0.4, -0.2) is 44.0 Å². The summed E-state index contributed by atoms with van der Waals surface area (Å²) in [4.78, 5) is 14.5. The summed E-state index contributed by atoms with van der Waals surface area (Å²) in [5.41, 5.74) is 0.297. The summed E-state index contributed by atoms with van der Waals surface area (Å²) in [6, 6.07) is 3.43. The molecule has 25 heavy (non-hydrogen) atoms. The van der Waals surface area contributed by atoms with Gasteiger partial charge in [0.1, 0.15) is 0 Å². The molecule has 2 unspecified atom stereocenters. The fourth-order valence-electron chi connectivity index (χ4n) is 2.80. The van der Waals surface area contributed by atoms with Gasteiger partial charge in [-0.1, -0.05) is 49.4 Å². The fraction of sp³-hybridized carbons (Fsp3) is 0.611. The molecule has 2 atom stereocenters. The van der Waals surface area contributed by atoms with Crippen molar-refractivity contribution in [2.24, 2.45) is 0 Å². The third-order valence-corrected chi connectivity index (χ3v) is 7.39. The van der Waals surface area contributed by atoms with Crippen LogP contribution in [0.15, 0.2) is 17.0 Å². The van der Waals surface area contributed by atoms with Crippen LogP contribution in [0, 0.1) is 0 Å². The molecule has 0 bridgehead atoms. The van der Waals surface area contributed by atoms with Crippen LogP contribution in [0.5, 0.6) is 0 Å². The summed E-state index contributed by atoms with van der Waals surface area (Å²) in [5, 5.41) is 0.00301. The minimum absolute atomic E-state index is 0.0202. The van der Waals surface area contributed by atoms with E-state index in [0.717, 1.165) is 25.8 Å². The zero-order valence-electron chi connectivity index (χ0n) is 14.7. The maximum Gasteiger partial charge on any atom is 0.179 e. The van der Waals surface area contributed by atoms with Gasteiger partial charge in [-0.15, -0.1) is 0 Å². The zero-order chi connectivity index (χ0) is 18.6. The second-order valence-corrected chi connectivity index (χ2v) is 9.47. The van der Waals surface area contributed by atoms with Gasteiger partial charge in [-0.05, 0) is 25.5 Å². The first-order valence-corrected chi connectivity index (χ1v) is 11.2. The first-order valence-electron chi connectivity index (χ1n) is 8.76. The number of carbonyl (C=O) groups excluding carboxylic acids is 1. The minimum atomic E-state index is -3.50. The Kier molecular flexibility index (Phi) is 7.32. The Bertz CT molecular complexity index is 734. The van der Waals surface area contributed by atoms with Crippen molar-refractivity contribution >= 4 is 38.8 Å². The maximum atomic E-state index is 12.5. The Morgan fingerprint density at radius 1 is 1.20 bits per heavy atom. The van der Waals surface area contributed by atoms with E-state index in [-0.39, 0.29) is 26.5 Å². The lowest BCUT2D eigenvalue weighted by molar-refractivity contribution is 0.0977. The lowest BCUT2D eigenvalue weighted by atomic mass is 10.1. The molecular formula is C18H25Cl2NO3S. The van der Waals surface area contributed by atoms with E-state index in [1.165, 1.54) is 12.1 Å². The van der Waals surface area contributed by atoms with E-state index in [9.17, 15) is 13.2 Å². The predicted molar refractivity (Wildman–Crippen MR) is 103 cm³/mol. The third kappa shape index (κ3) is 5.43. The van der Waals surface area contributed by atoms with Crippen LogP contribution in [0.4, 0.5) is 0 Å². The van der Waals surface area contributed by atoms with Crippen molar-refractivity contribution in [2.75, 3.05) is 18.8 Å². The molecule has 1 fully saturated rings. The van der Waals surface area contributed by atoms with Gasteiger partial charge in [0.2, 0.25) is 0 Å². The molecule has 0 amide bonds. The van der Waals surface area contributed by atoms with Gasteiger partial charge in [0.05, 0.1) is 20.7 Å². The molecule has 1 aliphatic rings. The van der Waals surface area contributed by atoms with Crippen LogP contribution in [0.25, 0.3) is 0 Å². The fourth-order valence-corrected chi connectivity index (χ4v) is 5.10. The molecule has 140 valence electrons. The second-order valence-electron chi connectivity index (χ2n) is 6.64. The highest BCUT2D eigenvalue weighted by Crippen LogP contribution is 2.34. The molecule has 1 aromatic rings. The maximum absolute atomic E-state index is 12.5. The second kappa shape index (κ2) is 8.85. The summed E-state index contributed by atoms with van der Waals surface area (Å²) in [6.45, 7) is 5.87. The first-order chi connectivity index (χ1) is 11.8. The standard InChI is InChI=1S/C18H25Cl2NO3S/c1-3-4-5-6-11-25(23,24)16-8-7-14(17(19)18(16)20)15(22)9-10-21-12-13(21)2/h7-8,13H,3-6,9-12H2,1-2H3. The molecule has 0 spiro atoms. The average Bonchev–Trinajstić information content (AvgIpc) is 3.27. The quantitative estimate of drug-likeness (QED) is 0.323. The van der Waals surface area contributed by atoms with Crippen molar-refractivity contribution in [1.82, 2.24) is 4.90 Å². The van der Waals surface area contributed by atoms with Crippen LogP contribution >= 0.6 is 23.2 Å². The number of hydrogen-bond donors (Lipinski definition) is 0. The Morgan fingerprint density at radius 3 is 2.48 bits per heavy atom. The highest BCUT2D eigenvalue weighted by Gasteiger charge is 2.29. The Morgan fingerprint density at radius 2 is 1.88 bits per heavy atom. The topological polar surface area (TPSA) is 54.2 Å². The van der Waals surface area contributed by atoms with E-state index in [4.69, 9.17) is 23.2 Å². The monoisotopic (exact) mass is 405 g/mol. The number of nitrogens with zero attached hydrogens (tertiary/aromatic N) is 1. The van der Waals surface area contributed by atoms with Gasteiger partial charge in [-0.25, -0.2) is 8.42 Å². The van der Waals surface area contributed by atoms with Gasteiger partial charge < -0.3 is 0 Å². The highest BCUT2D eigenvalue weighted by molar-refractivity contribution is 7.91. The SMILES string of the molecule is CCCCCCS(=O)(=O)c1ccc(C(=O)CCN2CC2C)c(Cl)c1Cl. The first kappa shape index (κ1) is 20.7. The molecule has 1 saturated heterocycles. The summed E-state index contributed by atoms with van der Waals surface area (Å²) in [6.07, 6.45) is 3.86. The number of benzene rings is 1. The number of carbonyl (C=O) groups is 1. The molecule has 0 radical (unpaired) electrons. The summed E-state index contributed by atoms with van der Waals surface area (Å²) >= 11 is 12.4. The van der Waals surface area contributed by atoms with Crippen LogP contribution in [0.1, 0.15) is 56.3 Å². The average molecular weight is 406 g/mol. The summed E-state index contributed by atoms with van der Waals surface area (Å²) in [7, 11) is -3.50. The highest BCUT2D eigenvalue weighted by atomic mass is 35.5. The van der Waals surface area contributed by atoms with Gasteiger partial charge in [0, 0.05) is 31.1 Å². The molecule has 4 nitrogen and oxygen atoms in total. The van der Waals surface area contributed by atoms with Crippen LogP contribution in [0.3, 0.4) is 0 Å². The van der Waals surface area contributed by atoms with Crippen molar-refractivity contribution < 1.29 is 13.2 Å². The van der Waals surface area contributed by atoms with E-state index >= 15 is 0 Å². The van der Waals surface area contributed by atoms with Crippen molar-refractivity contribution in [3.8, 4) is 0 Å². The van der Waals surface area contributed by atoms with Crippen molar-refractivity contribution in [3.63, 3.8) is 0 Å². The largest absolute Gasteiger partial charge is 0.297 e. The number of sulfone groups is 1. The Labute approximate surface area is 160 Å². The smallest absolute Gasteiger partial charge is 0.179 e. The normalized spacial score (nSPS) is 19.8. The minimum Gasteiger partial charge on any atom is -0.297 e. The van der Waals surface area contributed by atoms with Gasteiger partial charge in [0.15, 0.2) is 15.6 Å². The zero-order valence-corrected chi connectivity index (χ0v) is 17.1. The van der Waals surface area contributed by atoms with E-state index in [2.05, 4.69) is 18.7 Å². The van der Waals surface area contributed by atoms with Gasteiger partial charge in [-0.2, -0.15) is 0 Å². The molecular weight excluding hydrogens is 381 g/mol. The Hall–Kier alpha value is -0.620. The number of ketones is 1. The number of hydrogen-bond acceptors (Lipinski definition) is 4. The van der Waals surface area contributed by atoms with E-state index in [1.807, 2.05) is 0 Å². The van der Waals surface area contributed by atoms with E-state index < -0.39 is 9.84 Å². The number of Topliss-reactive ketones (excluding diaryl/α,β-unsaturated/α-hetero) is 1. The molecule has 2 rings (SSSR count). The number of halogens is 2. The molecule has 0 N–H and O–H groups in total. The van der Waals surface area contributed by atoms with Crippen LogP contribution < -0.4 is 0 Å². The lowest BCUT2D eigenvalue weighted by Crippen LogP contribution is -2.12. The summed E-state index contributed by atoms with van der Waals surface area (Å²) < 4.78 is 24.9. The van der Waals surface area contributed by atoms with Gasteiger partial charge >= 0.3 is 0 Å². The van der Waals surface area contributed by atoms with Crippen LogP contribution in [0.2, 0.25) is 10.0 Å². The van der Waals surface area contributed by atoms with Crippen LogP contribution in [-0.2, 0) is 9.84 Å². The number of rotatable bonds is 10. The Balaban J connectivity index is 2.09. The molecule has 1 aliphatic heterocycles. The molecule has 0 saturated carbocycles. The molecule has 7 heteroatoms. The molecule has 1 heterocycles. The lowest BCUT2D eigenvalue weighted by Gasteiger charge is -2.11. The molecule has 0 aliphatic carbocycles. The molecule has 0 aromatic heterocycles. The molecule has 1 aromatic carbocycles. The third-order valence-electron chi connectivity index (χ3n) is 4.56. The predicted octanol–water partition coefficient (Wildman–Crippen LogP) is 4.62. The van der Waals surface area contributed by atoms with E-state index in [1.54, 1.807) is 0 Å². The summed E-state index contributed by atoms with van der Waals surface area (Å²) in [5.74, 6) is -0.0682. The number of unbranched alkanes of at least 4 members (excludes halogenated alkanes) is 3. The van der Waals surface area contributed by atoms with Gasteiger partial charge in [0.25, 0.3) is 0 Å².